The van der Waals surface area contributed by atoms with Crippen molar-refractivity contribution in [2.24, 2.45) is 0 Å². The molecule has 2 heterocycles. The largest absolute Gasteiger partial charge is 0.465 e. The molecule has 3 rings (SSSR count). The van der Waals surface area contributed by atoms with E-state index in [9.17, 15) is 10.1 Å². The van der Waals surface area contributed by atoms with Crippen molar-refractivity contribution < 1.29 is 9.90 Å². The van der Waals surface area contributed by atoms with E-state index in [1.165, 1.54) is 11.8 Å². The highest BCUT2D eigenvalue weighted by Gasteiger charge is 2.32. The fraction of sp³-hybridized carbons (Fsp3) is 0.333. The van der Waals surface area contributed by atoms with Crippen LogP contribution < -0.4 is 10.2 Å². The molecule has 1 aliphatic heterocycles. The molecule has 1 saturated heterocycles. The lowest BCUT2D eigenvalue weighted by Gasteiger charge is -2.39. The Morgan fingerprint density at radius 1 is 1.39 bits per heavy atom. The first kappa shape index (κ1) is 20.5. The van der Waals surface area contributed by atoms with Gasteiger partial charge in [0.25, 0.3) is 0 Å². The van der Waals surface area contributed by atoms with Gasteiger partial charge in [-0.2, -0.15) is 5.26 Å². The molecule has 0 spiro atoms. The Balaban J connectivity index is 1.76. The van der Waals surface area contributed by atoms with Crippen molar-refractivity contribution in [2.45, 2.75) is 35.2 Å². The summed E-state index contributed by atoms with van der Waals surface area (Å²) in [6.07, 6.45) is 1.87. The van der Waals surface area contributed by atoms with E-state index in [1.807, 2.05) is 11.8 Å². The van der Waals surface area contributed by atoms with E-state index in [0.29, 0.717) is 51.7 Å². The number of aromatic nitrogens is 2. The molecule has 0 radical (unpaired) electrons. The fourth-order valence-corrected chi connectivity index (χ4v) is 4.27. The van der Waals surface area contributed by atoms with E-state index in [0.717, 1.165) is 0 Å². The van der Waals surface area contributed by atoms with Gasteiger partial charge in [0.05, 0.1) is 16.2 Å². The third-order valence-corrected chi connectivity index (χ3v) is 6.54. The highest BCUT2D eigenvalue weighted by atomic mass is 35.5. The monoisotopic (exact) mass is 437 g/mol. The maximum atomic E-state index is 10.9. The first-order valence-electron chi connectivity index (χ1n) is 8.46. The van der Waals surface area contributed by atoms with Gasteiger partial charge >= 0.3 is 6.09 Å². The summed E-state index contributed by atoms with van der Waals surface area (Å²) in [5.41, 5.74) is -0.261. The standard InChI is InChI=1S/C18H17Cl2N5O2S/c1-18(24-17(26)27)5-7-25(8-6-18)14-10-22-16(12(9-21)23-14)28-13-4-2-3-11(19)15(13)20/h2-4,10,24H,5-8H2,1H3,(H,26,27). The molecule has 0 saturated carbocycles. The van der Waals surface area contributed by atoms with Crippen molar-refractivity contribution in [1.82, 2.24) is 15.3 Å². The van der Waals surface area contributed by atoms with Crippen LogP contribution in [0.5, 0.6) is 0 Å². The highest BCUT2D eigenvalue weighted by molar-refractivity contribution is 7.99. The number of hydrogen-bond donors (Lipinski definition) is 2. The number of nitrogens with zero attached hydrogens (tertiary/aromatic N) is 4. The fourth-order valence-electron chi connectivity index (χ4n) is 2.95. The number of amides is 1. The Morgan fingerprint density at radius 2 is 2.11 bits per heavy atom. The van der Waals surface area contributed by atoms with Crippen LogP contribution in [0.1, 0.15) is 25.5 Å². The lowest BCUT2D eigenvalue weighted by Crippen LogP contribution is -2.53. The second kappa shape index (κ2) is 8.43. The van der Waals surface area contributed by atoms with Gasteiger partial charge in [0.2, 0.25) is 0 Å². The molecule has 7 nitrogen and oxygen atoms in total. The normalized spacial score (nSPS) is 15.7. The van der Waals surface area contributed by atoms with Crippen LogP contribution in [-0.4, -0.2) is 39.8 Å². The van der Waals surface area contributed by atoms with Gasteiger partial charge in [-0.3, -0.25) is 0 Å². The first-order valence-corrected chi connectivity index (χ1v) is 10.0. The molecule has 1 amide bonds. The number of carbonyl (C=O) groups is 1. The van der Waals surface area contributed by atoms with E-state index in [1.54, 1.807) is 24.4 Å². The van der Waals surface area contributed by atoms with Crippen molar-refractivity contribution in [1.29, 1.82) is 5.26 Å². The van der Waals surface area contributed by atoms with E-state index in [-0.39, 0.29) is 5.69 Å². The summed E-state index contributed by atoms with van der Waals surface area (Å²) in [6, 6.07) is 7.36. The molecule has 1 aliphatic rings. The van der Waals surface area contributed by atoms with Crippen LogP contribution in [0.2, 0.25) is 10.0 Å². The van der Waals surface area contributed by atoms with Crippen molar-refractivity contribution in [3.05, 3.63) is 40.1 Å². The topological polar surface area (TPSA) is 102 Å². The number of benzene rings is 1. The predicted octanol–water partition coefficient (Wildman–Crippen LogP) is 4.43. The number of halogens is 2. The second-order valence-corrected chi connectivity index (χ2v) is 8.44. The Kier molecular flexibility index (Phi) is 6.18. The Bertz CT molecular complexity index is 942. The smallest absolute Gasteiger partial charge is 0.405 e. The minimum Gasteiger partial charge on any atom is -0.465 e. The molecule has 2 N–H and O–H groups in total. The van der Waals surface area contributed by atoms with Crippen LogP contribution in [0.25, 0.3) is 0 Å². The van der Waals surface area contributed by atoms with Crippen LogP contribution in [0.4, 0.5) is 10.6 Å². The molecule has 28 heavy (non-hydrogen) atoms. The number of rotatable bonds is 4. The summed E-state index contributed by atoms with van der Waals surface area (Å²) in [5, 5.41) is 22.3. The molecule has 10 heteroatoms. The van der Waals surface area contributed by atoms with Gasteiger partial charge in [-0.15, -0.1) is 0 Å². The average molecular weight is 438 g/mol. The van der Waals surface area contributed by atoms with E-state index < -0.39 is 11.6 Å². The number of piperidine rings is 1. The van der Waals surface area contributed by atoms with E-state index in [4.69, 9.17) is 28.3 Å². The second-order valence-electron chi connectivity index (χ2n) is 6.63. The van der Waals surface area contributed by atoms with Gasteiger partial charge in [0, 0.05) is 23.5 Å². The zero-order chi connectivity index (χ0) is 20.3. The van der Waals surface area contributed by atoms with Crippen molar-refractivity contribution >= 4 is 46.9 Å². The molecular weight excluding hydrogens is 421 g/mol. The molecule has 1 fully saturated rings. The van der Waals surface area contributed by atoms with E-state index in [2.05, 4.69) is 21.4 Å². The molecule has 1 aromatic heterocycles. The molecule has 1 aromatic carbocycles. The van der Waals surface area contributed by atoms with Crippen LogP contribution in [-0.2, 0) is 0 Å². The van der Waals surface area contributed by atoms with Gasteiger partial charge in [0.1, 0.15) is 16.9 Å². The summed E-state index contributed by atoms with van der Waals surface area (Å²) >= 11 is 13.5. The van der Waals surface area contributed by atoms with E-state index >= 15 is 0 Å². The molecular formula is C18H17Cl2N5O2S. The lowest BCUT2D eigenvalue weighted by atomic mass is 9.90. The number of hydrogen-bond acceptors (Lipinski definition) is 6. The average Bonchev–Trinajstić information content (AvgIpc) is 2.65. The van der Waals surface area contributed by atoms with Crippen LogP contribution in [0, 0.1) is 11.3 Å². The Hall–Kier alpha value is -2.21. The SMILES string of the molecule is CC1(NC(=O)O)CCN(c2cnc(Sc3cccc(Cl)c3Cl)c(C#N)n2)CC1. The minimum absolute atomic E-state index is 0.204. The third-order valence-electron chi connectivity index (χ3n) is 4.55. The Labute approximate surface area is 176 Å². The molecule has 146 valence electrons. The zero-order valence-electron chi connectivity index (χ0n) is 14.9. The van der Waals surface area contributed by atoms with Gasteiger partial charge in [0.15, 0.2) is 5.69 Å². The summed E-state index contributed by atoms with van der Waals surface area (Å²) in [4.78, 5) is 22.5. The predicted molar refractivity (Wildman–Crippen MR) is 108 cm³/mol. The first-order chi connectivity index (χ1) is 13.3. The highest BCUT2D eigenvalue weighted by Crippen LogP contribution is 2.37. The minimum atomic E-state index is -1.02. The molecule has 0 atom stereocenters. The molecule has 0 aliphatic carbocycles. The van der Waals surface area contributed by atoms with Crippen LogP contribution in [0.15, 0.2) is 34.3 Å². The quantitative estimate of drug-likeness (QED) is 0.728. The van der Waals surface area contributed by atoms with Gasteiger partial charge in [-0.25, -0.2) is 14.8 Å². The lowest BCUT2D eigenvalue weighted by molar-refractivity contribution is 0.173. The van der Waals surface area contributed by atoms with Gasteiger partial charge < -0.3 is 15.3 Å². The van der Waals surface area contributed by atoms with Crippen molar-refractivity contribution in [2.75, 3.05) is 18.0 Å². The molecule has 0 bridgehead atoms. The summed E-state index contributed by atoms with van der Waals surface area (Å²) in [6.45, 7) is 3.12. The third kappa shape index (κ3) is 4.61. The Morgan fingerprint density at radius 3 is 2.75 bits per heavy atom. The zero-order valence-corrected chi connectivity index (χ0v) is 17.3. The van der Waals surface area contributed by atoms with Crippen LogP contribution in [0.3, 0.4) is 0 Å². The summed E-state index contributed by atoms with van der Waals surface area (Å²) in [7, 11) is 0. The molecule has 0 unspecified atom stereocenters. The van der Waals surface area contributed by atoms with Gasteiger partial charge in [-0.05, 0) is 31.9 Å². The van der Waals surface area contributed by atoms with Crippen molar-refractivity contribution in [3.8, 4) is 6.07 Å². The van der Waals surface area contributed by atoms with Crippen LogP contribution >= 0.6 is 35.0 Å². The summed E-state index contributed by atoms with van der Waals surface area (Å²) in [5.74, 6) is 0.593. The maximum Gasteiger partial charge on any atom is 0.405 e. The number of nitrogens with one attached hydrogen (secondary N) is 1. The number of anilines is 1. The maximum absolute atomic E-state index is 10.9. The number of nitriles is 1. The summed E-state index contributed by atoms with van der Waals surface area (Å²) < 4.78 is 0. The molecule has 2 aromatic rings. The van der Waals surface area contributed by atoms with Crippen molar-refractivity contribution in [3.63, 3.8) is 0 Å². The van der Waals surface area contributed by atoms with Gasteiger partial charge in [-0.1, -0.05) is 41.0 Å². The number of carboxylic acid groups (broad SMARTS) is 1.